The lowest BCUT2D eigenvalue weighted by Crippen LogP contribution is -2.44. The van der Waals surface area contributed by atoms with Gasteiger partial charge in [-0.3, -0.25) is 9.59 Å². The minimum atomic E-state index is -0.128. The van der Waals surface area contributed by atoms with E-state index in [4.69, 9.17) is 0 Å². The van der Waals surface area contributed by atoms with Crippen molar-refractivity contribution in [3.63, 3.8) is 0 Å². The third-order valence-corrected chi connectivity index (χ3v) is 5.21. The molecule has 4 heteroatoms. The molecule has 0 fully saturated rings. The standard InChI is InChI=1S/C23H28N2O2/c1-2-16-25(21-13-12-18-8-6-7-11-20(18)17-21)22(26)14-15-24-23(27)19-9-4-3-5-10-19/h3-11,21H,2,12-17H2,1H3,(H,24,27). The summed E-state index contributed by atoms with van der Waals surface area (Å²) in [5.41, 5.74) is 3.40. The predicted molar refractivity (Wildman–Crippen MR) is 108 cm³/mol. The summed E-state index contributed by atoms with van der Waals surface area (Å²) < 4.78 is 0. The molecular weight excluding hydrogens is 336 g/mol. The summed E-state index contributed by atoms with van der Waals surface area (Å²) in [4.78, 5) is 27.0. The van der Waals surface area contributed by atoms with Crippen LogP contribution in [0.1, 0.15) is 47.7 Å². The average molecular weight is 364 g/mol. The summed E-state index contributed by atoms with van der Waals surface area (Å²) in [5.74, 6) is 0.00614. The van der Waals surface area contributed by atoms with Crippen LogP contribution in [-0.4, -0.2) is 35.8 Å². The Morgan fingerprint density at radius 3 is 2.48 bits per heavy atom. The monoisotopic (exact) mass is 364 g/mol. The van der Waals surface area contributed by atoms with Crippen LogP contribution in [0.15, 0.2) is 54.6 Å². The first-order valence-electron chi connectivity index (χ1n) is 9.88. The Balaban J connectivity index is 1.55. The SMILES string of the molecule is CCCN(C(=O)CCNC(=O)c1ccccc1)C1CCc2ccccc2C1. The molecule has 1 N–H and O–H groups in total. The molecule has 0 saturated heterocycles. The molecule has 0 spiro atoms. The van der Waals surface area contributed by atoms with E-state index < -0.39 is 0 Å². The van der Waals surface area contributed by atoms with E-state index in [0.717, 1.165) is 32.2 Å². The van der Waals surface area contributed by atoms with Crippen molar-refractivity contribution in [3.05, 3.63) is 71.3 Å². The highest BCUT2D eigenvalue weighted by molar-refractivity contribution is 5.94. The van der Waals surface area contributed by atoms with E-state index in [9.17, 15) is 9.59 Å². The molecule has 1 aliphatic carbocycles. The Hall–Kier alpha value is -2.62. The van der Waals surface area contributed by atoms with Crippen molar-refractivity contribution in [3.8, 4) is 0 Å². The van der Waals surface area contributed by atoms with Crippen LogP contribution in [0.2, 0.25) is 0 Å². The van der Waals surface area contributed by atoms with Gasteiger partial charge in [0.25, 0.3) is 5.91 Å². The number of hydrogen-bond donors (Lipinski definition) is 1. The largest absolute Gasteiger partial charge is 0.352 e. The summed E-state index contributed by atoms with van der Waals surface area (Å²) in [5, 5.41) is 2.86. The Morgan fingerprint density at radius 2 is 1.74 bits per heavy atom. The van der Waals surface area contributed by atoms with Crippen LogP contribution in [0, 0.1) is 0 Å². The molecule has 2 amide bonds. The van der Waals surface area contributed by atoms with Gasteiger partial charge in [-0.15, -0.1) is 0 Å². The van der Waals surface area contributed by atoms with Gasteiger partial charge in [0, 0.05) is 31.1 Å². The smallest absolute Gasteiger partial charge is 0.251 e. The zero-order chi connectivity index (χ0) is 19.1. The number of rotatable bonds is 7. The normalized spacial score (nSPS) is 15.7. The molecule has 0 saturated carbocycles. The van der Waals surface area contributed by atoms with Crippen LogP contribution in [0.5, 0.6) is 0 Å². The quantitative estimate of drug-likeness (QED) is 0.816. The van der Waals surface area contributed by atoms with Crippen LogP contribution in [0.25, 0.3) is 0 Å². The predicted octanol–water partition coefficient (Wildman–Crippen LogP) is 3.60. The molecule has 2 aromatic carbocycles. The van der Waals surface area contributed by atoms with Crippen molar-refractivity contribution < 1.29 is 9.59 Å². The summed E-state index contributed by atoms with van der Waals surface area (Å²) >= 11 is 0. The Labute approximate surface area is 161 Å². The number of aryl methyl sites for hydroxylation is 1. The first-order valence-corrected chi connectivity index (χ1v) is 9.88. The van der Waals surface area contributed by atoms with E-state index in [1.165, 1.54) is 11.1 Å². The van der Waals surface area contributed by atoms with Crippen LogP contribution >= 0.6 is 0 Å². The molecule has 0 radical (unpaired) electrons. The van der Waals surface area contributed by atoms with Gasteiger partial charge in [-0.05, 0) is 48.9 Å². The van der Waals surface area contributed by atoms with Gasteiger partial charge in [0.1, 0.15) is 0 Å². The van der Waals surface area contributed by atoms with Gasteiger partial charge in [-0.2, -0.15) is 0 Å². The van der Waals surface area contributed by atoms with E-state index in [1.807, 2.05) is 23.1 Å². The van der Waals surface area contributed by atoms with Crippen molar-refractivity contribution in [1.82, 2.24) is 10.2 Å². The van der Waals surface area contributed by atoms with Gasteiger partial charge in [0.15, 0.2) is 0 Å². The van der Waals surface area contributed by atoms with Crippen LogP contribution in [-0.2, 0) is 17.6 Å². The number of nitrogens with zero attached hydrogens (tertiary/aromatic N) is 1. The highest BCUT2D eigenvalue weighted by Gasteiger charge is 2.26. The molecule has 1 atom stereocenters. The Morgan fingerprint density at radius 1 is 1.04 bits per heavy atom. The molecule has 2 aromatic rings. The molecule has 4 nitrogen and oxygen atoms in total. The summed E-state index contributed by atoms with van der Waals surface area (Å²) in [6.07, 6.45) is 4.26. The number of hydrogen-bond acceptors (Lipinski definition) is 2. The molecule has 3 rings (SSSR count). The molecule has 0 heterocycles. The fourth-order valence-corrected chi connectivity index (χ4v) is 3.81. The third kappa shape index (κ3) is 4.97. The lowest BCUT2D eigenvalue weighted by Gasteiger charge is -2.35. The van der Waals surface area contributed by atoms with Crippen molar-refractivity contribution in [2.24, 2.45) is 0 Å². The van der Waals surface area contributed by atoms with Gasteiger partial charge in [-0.1, -0.05) is 49.4 Å². The fourth-order valence-electron chi connectivity index (χ4n) is 3.81. The zero-order valence-corrected chi connectivity index (χ0v) is 16.0. The highest BCUT2D eigenvalue weighted by Crippen LogP contribution is 2.25. The minimum absolute atomic E-state index is 0.128. The van der Waals surface area contributed by atoms with E-state index in [0.29, 0.717) is 18.5 Å². The fraction of sp³-hybridized carbons (Fsp3) is 0.391. The van der Waals surface area contributed by atoms with Crippen molar-refractivity contribution in [1.29, 1.82) is 0 Å². The number of carbonyl (C=O) groups is 2. The third-order valence-electron chi connectivity index (χ3n) is 5.21. The zero-order valence-electron chi connectivity index (χ0n) is 16.0. The summed E-state index contributed by atoms with van der Waals surface area (Å²) in [7, 11) is 0. The van der Waals surface area contributed by atoms with Crippen molar-refractivity contribution >= 4 is 11.8 Å². The number of amides is 2. The highest BCUT2D eigenvalue weighted by atomic mass is 16.2. The molecule has 1 unspecified atom stereocenters. The van der Waals surface area contributed by atoms with Gasteiger partial charge < -0.3 is 10.2 Å². The van der Waals surface area contributed by atoms with Gasteiger partial charge >= 0.3 is 0 Å². The molecule has 0 bridgehead atoms. The first-order chi connectivity index (χ1) is 13.2. The van der Waals surface area contributed by atoms with Gasteiger partial charge in [-0.25, -0.2) is 0 Å². The number of fused-ring (bicyclic) bond motifs is 1. The number of benzene rings is 2. The molecule has 0 aromatic heterocycles. The Kier molecular flexibility index (Phi) is 6.64. The lowest BCUT2D eigenvalue weighted by molar-refractivity contribution is -0.133. The lowest BCUT2D eigenvalue weighted by atomic mass is 9.87. The minimum Gasteiger partial charge on any atom is -0.352 e. The van der Waals surface area contributed by atoms with E-state index >= 15 is 0 Å². The van der Waals surface area contributed by atoms with Crippen molar-refractivity contribution in [2.45, 2.75) is 45.1 Å². The van der Waals surface area contributed by atoms with Gasteiger partial charge in [0.2, 0.25) is 5.91 Å². The second-order valence-corrected chi connectivity index (χ2v) is 7.12. The van der Waals surface area contributed by atoms with Crippen LogP contribution in [0.4, 0.5) is 0 Å². The maximum absolute atomic E-state index is 12.8. The topological polar surface area (TPSA) is 49.4 Å². The first kappa shape index (κ1) is 19.2. The number of carbonyl (C=O) groups excluding carboxylic acids is 2. The molecule has 0 aliphatic heterocycles. The second-order valence-electron chi connectivity index (χ2n) is 7.12. The molecule has 1 aliphatic rings. The number of nitrogens with one attached hydrogen (secondary N) is 1. The maximum atomic E-state index is 12.8. The van der Waals surface area contributed by atoms with Gasteiger partial charge in [0.05, 0.1) is 0 Å². The summed E-state index contributed by atoms with van der Waals surface area (Å²) in [6.45, 7) is 3.25. The second kappa shape index (κ2) is 9.36. The van der Waals surface area contributed by atoms with E-state index in [2.05, 4.69) is 36.5 Å². The average Bonchev–Trinajstić information content (AvgIpc) is 2.72. The van der Waals surface area contributed by atoms with Crippen LogP contribution < -0.4 is 5.32 Å². The van der Waals surface area contributed by atoms with Crippen molar-refractivity contribution in [2.75, 3.05) is 13.1 Å². The summed E-state index contributed by atoms with van der Waals surface area (Å²) in [6, 6.07) is 17.9. The van der Waals surface area contributed by atoms with E-state index in [1.54, 1.807) is 12.1 Å². The molecule has 142 valence electrons. The molecular formula is C23H28N2O2. The Bertz CT molecular complexity index is 773. The maximum Gasteiger partial charge on any atom is 0.251 e. The van der Waals surface area contributed by atoms with Crippen LogP contribution in [0.3, 0.4) is 0 Å². The van der Waals surface area contributed by atoms with E-state index in [-0.39, 0.29) is 17.9 Å². The molecule has 27 heavy (non-hydrogen) atoms.